The van der Waals surface area contributed by atoms with Crippen LogP contribution in [0.15, 0.2) is 46.8 Å². The Hall–Kier alpha value is -1.61. The average molecular weight is 472 g/mol. The van der Waals surface area contributed by atoms with E-state index in [9.17, 15) is 4.79 Å². The second kappa shape index (κ2) is 11.1. The maximum Gasteiger partial charge on any atom is 0.251 e. The highest BCUT2D eigenvalue weighted by Crippen LogP contribution is 2.19. The van der Waals surface area contributed by atoms with Gasteiger partial charge in [-0.05, 0) is 29.1 Å². The molecule has 1 atom stereocenters. The SMILES string of the molecule is CN=C(NCc1ccc(C(=O)NC)cc1)NCC(C)c1cccs1.I. The molecule has 0 saturated heterocycles. The Morgan fingerprint density at radius 2 is 1.92 bits per heavy atom. The number of carbonyl (C=O) groups excluding carboxylic acids is 1. The van der Waals surface area contributed by atoms with Gasteiger partial charge in [-0.25, -0.2) is 0 Å². The number of hydrogen-bond acceptors (Lipinski definition) is 3. The van der Waals surface area contributed by atoms with Gasteiger partial charge < -0.3 is 16.0 Å². The molecule has 1 unspecified atom stereocenters. The molecule has 2 rings (SSSR count). The molecule has 0 fully saturated rings. The summed E-state index contributed by atoms with van der Waals surface area (Å²) in [7, 11) is 3.39. The van der Waals surface area contributed by atoms with Gasteiger partial charge in [-0.15, -0.1) is 35.3 Å². The van der Waals surface area contributed by atoms with Gasteiger partial charge in [0.05, 0.1) is 0 Å². The van der Waals surface area contributed by atoms with Gasteiger partial charge in [0.15, 0.2) is 5.96 Å². The molecule has 0 aliphatic heterocycles. The van der Waals surface area contributed by atoms with E-state index in [1.807, 2.05) is 24.3 Å². The van der Waals surface area contributed by atoms with Gasteiger partial charge in [0.2, 0.25) is 0 Å². The molecule has 7 heteroatoms. The van der Waals surface area contributed by atoms with Crippen LogP contribution in [-0.4, -0.2) is 32.5 Å². The maximum atomic E-state index is 11.5. The van der Waals surface area contributed by atoms with Crippen molar-refractivity contribution in [3.8, 4) is 0 Å². The molecule has 0 bridgehead atoms. The minimum Gasteiger partial charge on any atom is -0.356 e. The Morgan fingerprint density at radius 1 is 1.20 bits per heavy atom. The number of amides is 1. The Kier molecular flexibility index (Phi) is 9.51. The number of hydrogen-bond donors (Lipinski definition) is 3. The normalized spacial score (nSPS) is 12.0. The van der Waals surface area contributed by atoms with Gasteiger partial charge in [-0.2, -0.15) is 0 Å². The van der Waals surface area contributed by atoms with Gasteiger partial charge >= 0.3 is 0 Å². The molecule has 1 aromatic heterocycles. The highest BCUT2D eigenvalue weighted by molar-refractivity contribution is 14.0. The first kappa shape index (κ1) is 21.4. The number of rotatable bonds is 6. The third-order valence-corrected chi connectivity index (χ3v) is 4.84. The third kappa shape index (κ3) is 6.66. The summed E-state index contributed by atoms with van der Waals surface area (Å²) >= 11 is 1.77. The predicted molar refractivity (Wildman–Crippen MR) is 116 cm³/mol. The number of halogens is 1. The summed E-state index contributed by atoms with van der Waals surface area (Å²) in [6.45, 7) is 3.68. The summed E-state index contributed by atoms with van der Waals surface area (Å²) in [4.78, 5) is 17.1. The summed E-state index contributed by atoms with van der Waals surface area (Å²) in [5.41, 5.74) is 1.76. The van der Waals surface area contributed by atoms with Crippen molar-refractivity contribution in [2.75, 3.05) is 20.6 Å². The van der Waals surface area contributed by atoms with Crippen molar-refractivity contribution in [1.82, 2.24) is 16.0 Å². The van der Waals surface area contributed by atoms with Gasteiger partial charge in [-0.1, -0.05) is 25.1 Å². The first-order valence-corrected chi connectivity index (χ1v) is 8.81. The van der Waals surface area contributed by atoms with Crippen LogP contribution in [0.1, 0.15) is 33.6 Å². The second-order valence-corrected chi connectivity index (χ2v) is 6.48. The molecule has 0 spiro atoms. The molecule has 1 heterocycles. The minimum absolute atomic E-state index is 0. The zero-order valence-corrected chi connectivity index (χ0v) is 17.9. The van der Waals surface area contributed by atoms with Crippen LogP contribution >= 0.6 is 35.3 Å². The van der Waals surface area contributed by atoms with Crippen molar-refractivity contribution >= 4 is 47.2 Å². The lowest BCUT2D eigenvalue weighted by Crippen LogP contribution is -2.38. The van der Waals surface area contributed by atoms with E-state index in [0.717, 1.165) is 18.1 Å². The zero-order valence-electron chi connectivity index (χ0n) is 14.7. The van der Waals surface area contributed by atoms with Crippen LogP contribution in [0.25, 0.3) is 0 Å². The molecule has 5 nitrogen and oxygen atoms in total. The van der Waals surface area contributed by atoms with Crippen LogP contribution in [0.5, 0.6) is 0 Å². The Balaban J connectivity index is 0.00000312. The van der Waals surface area contributed by atoms with E-state index >= 15 is 0 Å². The highest BCUT2D eigenvalue weighted by Gasteiger charge is 2.07. The maximum absolute atomic E-state index is 11.5. The largest absolute Gasteiger partial charge is 0.356 e. The lowest BCUT2D eigenvalue weighted by Gasteiger charge is -2.15. The van der Waals surface area contributed by atoms with Crippen molar-refractivity contribution < 1.29 is 4.79 Å². The monoisotopic (exact) mass is 472 g/mol. The number of carbonyl (C=O) groups is 1. The molecule has 0 aliphatic carbocycles. The van der Waals surface area contributed by atoms with Crippen LogP contribution in [0.2, 0.25) is 0 Å². The molecular weight excluding hydrogens is 447 g/mol. The van der Waals surface area contributed by atoms with Crippen molar-refractivity contribution in [3.05, 3.63) is 57.8 Å². The van der Waals surface area contributed by atoms with E-state index in [1.165, 1.54) is 4.88 Å². The lowest BCUT2D eigenvalue weighted by atomic mass is 10.1. The summed E-state index contributed by atoms with van der Waals surface area (Å²) < 4.78 is 0. The summed E-state index contributed by atoms with van der Waals surface area (Å²) in [5, 5.41) is 11.4. The van der Waals surface area contributed by atoms with E-state index in [-0.39, 0.29) is 29.9 Å². The minimum atomic E-state index is -0.0745. The fraction of sp³-hybridized carbons (Fsp3) is 0.333. The Bertz CT molecular complexity index is 671. The fourth-order valence-electron chi connectivity index (χ4n) is 2.25. The van der Waals surface area contributed by atoms with Crippen molar-refractivity contribution in [2.24, 2.45) is 4.99 Å². The standard InChI is InChI=1S/C18H24N4OS.HI/c1-13(16-5-4-10-24-16)11-21-18(20-3)22-12-14-6-8-15(9-7-14)17(23)19-2;/h4-10,13H,11-12H2,1-3H3,(H,19,23)(H2,20,21,22);1H. The lowest BCUT2D eigenvalue weighted by molar-refractivity contribution is 0.0963. The molecule has 1 amide bonds. The Morgan fingerprint density at radius 3 is 2.48 bits per heavy atom. The molecule has 0 radical (unpaired) electrons. The van der Waals surface area contributed by atoms with Crippen LogP contribution in [0.3, 0.4) is 0 Å². The molecule has 136 valence electrons. The predicted octanol–water partition coefficient (Wildman–Crippen LogP) is 3.19. The summed E-state index contributed by atoms with van der Waals surface area (Å²) in [6.07, 6.45) is 0. The van der Waals surface area contributed by atoms with E-state index in [1.54, 1.807) is 25.4 Å². The smallest absolute Gasteiger partial charge is 0.251 e. The van der Waals surface area contributed by atoms with Crippen LogP contribution < -0.4 is 16.0 Å². The number of thiophene rings is 1. The van der Waals surface area contributed by atoms with E-state index in [4.69, 9.17) is 0 Å². The fourth-order valence-corrected chi connectivity index (χ4v) is 3.03. The molecule has 2 aromatic rings. The average Bonchev–Trinajstić information content (AvgIpc) is 3.16. The number of aliphatic imine (C=N–C) groups is 1. The van der Waals surface area contributed by atoms with Crippen molar-refractivity contribution in [1.29, 1.82) is 0 Å². The number of benzene rings is 1. The zero-order chi connectivity index (χ0) is 17.4. The molecule has 25 heavy (non-hydrogen) atoms. The van der Waals surface area contributed by atoms with Gasteiger partial charge in [0.25, 0.3) is 5.91 Å². The first-order valence-electron chi connectivity index (χ1n) is 7.93. The molecule has 3 N–H and O–H groups in total. The molecule has 0 saturated carbocycles. The van der Waals surface area contributed by atoms with Crippen molar-refractivity contribution in [2.45, 2.75) is 19.4 Å². The quantitative estimate of drug-likeness (QED) is 0.344. The molecule has 1 aromatic carbocycles. The Labute approximate surface area is 170 Å². The van der Waals surface area contributed by atoms with Crippen LogP contribution in [0.4, 0.5) is 0 Å². The first-order chi connectivity index (χ1) is 11.6. The van der Waals surface area contributed by atoms with Crippen LogP contribution in [-0.2, 0) is 6.54 Å². The third-order valence-electron chi connectivity index (χ3n) is 3.73. The number of nitrogens with zero attached hydrogens (tertiary/aromatic N) is 1. The van der Waals surface area contributed by atoms with Gasteiger partial charge in [0, 0.05) is 43.5 Å². The summed E-state index contributed by atoms with van der Waals surface area (Å²) in [5.74, 6) is 1.14. The second-order valence-electron chi connectivity index (χ2n) is 5.50. The van der Waals surface area contributed by atoms with Gasteiger partial charge in [0.1, 0.15) is 0 Å². The van der Waals surface area contributed by atoms with E-state index < -0.39 is 0 Å². The topological polar surface area (TPSA) is 65.5 Å². The molecular formula is C18H25IN4OS. The van der Waals surface area contributed by atoms with Gasteiger partial charge in [-0.3, -0.25) is 9.79 Å². The molecule has 0 aliphatic rings. The van der Waals surface area contributed by atoms with Crippen LogP contribution in [0, 0.1) is 0 Å². The highest BCUT2D eigenvalue weighted by atomic mass is 127. The number of nitrogens with one attached hydrogen (secondary N) is 3. The van der Waals surface area contributed by atoms with E-state index in [0.29, 0.717) is 18.0 Å². The number of guanidine groups is 1. The summed E-state index contributed by atoms with van der Waals surface area (Å²) in [6, 6.07) is 11.8. The van der Waals surface area contributed by atoms with Crippen molar-refractivity contribution in [3.63, 3.8) is 0 Å². The van der Waals surface area contributed by atoms with E-state index in [2.05, 4.69) is 45.4 Å².